The third-order valence-electron chi connectivity index (χ3n) is 4.15. The van der Waals surface area contributed by atoms with Gasteiger partial charge in [0.1, 0.15) is 6.54 Å². The Balaban J connectivity index is 1.91. The van der Waals surface area contributed by atoms with Gasteiger partial charge in [-0.05, 0) is 30.7 Å². The molecule has 0 aromatic carbocycles. The minimum Gasteiger partial charge on any atom is -0.398 e. The van der Waals surface area contributed by atoms with E-state index in [1.165, 1.54) is 42.2 Å². The fraction of sp³-hybridized carbons (Fsp3) is 0.571. The molecule has 1 saturated carbocycles. The number of hydrogen-bond acceptors (Lipinski definition) is 3. The van der Waals surface area contributed by atoms with Gasteiger partial charge in [-0.2, -0.15) is 0 Å². The van der Waals surface area contributed by atoms with E-state index in [-0.39, 0.29) is 23.4 Å². The maximum absolute atomic E-state index is 11.9. The Bertz CT molecular complexity index is 512. The summed E-state index contributed by atoms with van der Waals surface area (Å²) in [6, 6.07) is 2.92. The van der Waals surface area contributed by atoms with Crippen LogP contribution in [-0.2, 0) is 11.3 Å². The highest BCUT2D eigenvalue weighted by Gasteiger charge is 2.35. The van der Waals surface area contributed by atoms with Crippen molar-refractivity contribution in [1.29, 1.82) is 0 Å². The van der Waals surface area contributed by atoms with Crippen LogP contribution < -0.4 is 16.6 Å². The first-order valence-corrected chi connectivity index (χ1v) is 6.77. The van der Waals surface area contributed by atoms with E-state index in [1.807, 2.05) is 0 Å². The largest absolute Gasteiger partial charge is 0.398 e. The van der Waals surface area contributed by atoms with E-state index in [9.17, 15) is 9.59 Å². The van der Waals surface area contributed by atoms with Gasteiger partial charge in [0.25, 0.3) is 5.56 Å². The van der Waals surface area contributed by atoms with Gasteiger partial charge in [0.15, 0.2) is 0 Å². The highest BCUT2D eigenvalue weighted by molar-refractivity contribution is 5.75. The first-order valence-electron chi connectivity index (χ1n) is 6.77. The molecular formula is C14H21N3O2. The molecule has 1 aromatic heterocycles. The molecule has 1 aromatic rings. The molecule has 0 atom stereocenters. The lowest BCUT2D eigenvalue weighted by Gasteiger charge is -2.41. The van der Waals surface area contributed by atoms with Crippen LogP contribution in [0.15, 0.2) is 23.1 Å². The zero-order valence-electron chi connectivity index (χ0n) is 11.3. The van der Waals surface area contributed by atoms with Crippen LogP contribution in [-0.4, -0.2) is 17.0 Å². The zero-order chi connectivity index (χ0) is 13.9. The summed E-state index contributed by atoms with van der Waals surface area (Å²) in [4.78, 5) is 23.4. The van der Waals surface area contributed by atoms with Gasteiger partial charge in [0.05, 0.1) is 0 Å². The van der Waals surface area contributed by atoms with Gasteiger partial charge in [-0.25, -0.2) is 0 Å². The second kappa shape index (κ2) is 5.47. The number of nitrogen functional groups attached to an aromatic ring is 1. The number of nitrogens with two attached hydrogens (primary N) is 1. The average Bonchev–Trinajstić information content (AvgIpc) is 2.33. The minimum absolute atomic E-state index is 0.0314. The van der Waals surface area contributed by atoms with Crippen LogP contribution in [0.1, 0.15) is 32.6 Å². The Labute approximate surface area is 112 Å². The van der Waals surface area contributed by atoms with Gasteiger partial charge in [-0.1, -0.05) is 13.3 Å². The third kappa shape index (κ3) is 3.16. The topological polar surface area (TPSA) is 77.1 Å². The summed E-state index contributed by atoms with van der Waals surface area (Å²) >= 11 is 0. The van der Waals surface area contributed by atoms with Crippen molar-refractivity contribution in [1.82, 2.24) is 9.88 Å². The van der Waals surface area contributed by atoms with Crippen LogP contribution in [0.4, 0.5) is 5.69 Å². The second-order valence-corrected chi connectivity index (χ2v) is 5.41. The maximum Gasteiger partial charge on any atom is 0.251 e. The molecule has 1 heterocycles. The number of hydrogen-bond donors (Lipinski definition) is 2. The number of amides is 1. The summed E-state index contributed by atoms with van der Waals surface area (Å²) < 4.78 is 1.34. The van der Waals surface area contributed by atoms with Crippen molar-refractivity contribution >= 4 is 11.6 Å². The zero-order valence-corrected chi connectivity index (χ0v) is 11.3. The SMILES string of the molecule is CCC1(CNC(=O)Cn2cc(N)ccc2=O)CCC1. The molecule has 3 N–H and O–H groups in total. The lowest BCUT2D eigenvalue weighted by Crippen LogP contribution is -2.43. The Kier molecular flexibility index (Phi) is 3.93. The van der Waals surface area contributed by atoms with E-state index in [4.69, 9.17) is 5.73 Å². The van der Waals surface area contributed by atoms with Crippen molar-refractivity contribution in [2.75, 3.05) is 12.3 Å². The Hall–Kier alpha value is -1.78. The molecule has 0 radical (unpaired) electrons. The predicted molar refractivity (Wildman–Crippen MR) is 74.7 cm³/mol. The molecule has 0 saturated heterocycles. The first-order chi connectivity index (χ1) is 9.04. The van der Waals surface area contributed by atoms with Gasteiger partial charge in [0.2, 0.25) is 5.91 Å². The molecule has 1 aliphatic rings. The van der Waals surface area contributed by atoms with Gasteiger partial charge in [0, 0.05) is 24.5 Å². The highest BCUT2D eigenvalue weighted by Crippen LogP contribution is 2.42. The molecule has 1 fully saturated rings. The van der Waals surface area contributed by atoms with Crippen molar-refractivity contribution in [3.63, 3.8) is 0 Å². The van der Waals surface area contributed by atoms with E-state index in [0.717, 1.165) is 6.42 Å². The Morgan fingerprint density at radius 3 is 2.79 bits per heavy atom. The highest BCUT2D eigenvalue weighted by atomic mass is 16.2. The molecule has 1 aliphatic carbocycles. The van der Waals surface area contributed by atoms with E-state index in [2.05, 4.69) is 12.2 Å². The lowest BCUT2D eigenvalue weighted by atomic mass is 9.67. The molecule has 19 heavy (non-hydrogen) atoms. The van der Waals surface area contributed by atoms with E-state index < -0.39 is 0 Å². The van der Waals surface area contributed by atoms with Crippen LogP contribution in [0.2, 0.25) is 0 Å². The Morgan fingerprint density at radius 1 is 1.47 bits per heavy atom. The van der Waals surface area contributed by atoms with E-state index in [0.29, 0.717) is 12.2 Å². The fourth-order valence-electron chi connectivity index (χ4n) is 2.50. The number of anilines is 1. The summed E-state index contributed by atoms with van der Waals surface area (Å²) in [7, 11) is 0. The van der Waals surface area contributed by atoms with Crippen LogP contribution in [0.25, 0.3) is 0 Å². The van der Waals surface area contributed by atoms with E-state index >= 15 is 0 Å². The number of nitrogens with zero attached hydrogens (tertiary/aromatic N) is 1. The standard InChI is InChI=1S/C14H21N3O2/c1-2-14(6-3-7-14)10-16-12(18)9-17-8-11(15)4-5-13(17)19/h4-5,8H,2-3,6-7,9-10,15H2,1H3,(H,16,18). The molecule has 104 valence electrons. The predicted octanol–water partition coefficient (Wildman–Crippen LogP) is 1.13. The van der Waals surface area contributed by atoms with Crippen LogP contribution in [0, 0.1) is 5.41 Å². The van der Waals surface area contributed by atoms with Crippen molar-refractivity contribution in [2.45, 2.75) is 39.2 Å². The molecular weight excluding hydrogens is 242 g/mol. The number of aromatic nitrogens is 1. The summed E-state index contributed by atoms with van der Waals surface area (Å²) in [5.41, 5.74) is 6.17. The summed E-state index contributed by atoms with van der Waals surface area (Å²) in [5.74, 6) is -0.132. The van der Waals surface area contributed by atoms with Gasteiger partial charge >= 0.3 is 0 Å². The number of carbonyl (C=O) groups excluding carboxylic acids is 1. The van der Waals surface area contributed by atoms with Crippen molar-refractivity contribution < 1.29 is 4.79 Å². The van der Waals surface area contributed by atoms with Crippen molar-refractivity contribution in [3.8, 4) is 0 Å². The number of carbonyl (C=O) groups is 1. The van der Waals surface area contributed by atoms with Gasteiger partial charge in [-0.3, -0.25) is 9.59 Å². The smallest absolute Gasteiger partial charge is 0.251 e. The minimum atomic E-state index is -0.210. The Morgan fingerprint density at radius 2 is 2.21 bits per heavy atom. The summed E-state index contributed by atoms with van der Waals surface area (Å²) in [6.07, 6.45) is 6.20. The molecule has 0 unspecified atom stereocenters. The molecule has 0 bridgehead atoms. The fourth-order valence-corrected chi connectivity index (χ4v) is 2.50. The molecule has 5 heteroatoms. The monoisotopic (exact) mass is 263 g/mol. The summed E-state index contributed by atoms with van der Waals surface area (Å²) in [5, 5.41) is 2.93. The number of nitrogens with one attached hydrogen (secondary N) is 1. The molecule has 0 aliphatic heterocycles. The first kappa shape index (κ1) is 13.6. The van der Waals surface area contributed by atoms with Crippen LogP contribution >= 0.6 is 0 Å². The van der Waals surface area contributed by atoms with Gasteiger partial charge in [-0.15, -0.1) is 0 Å². The van der Waals surface area contributed by atoms with Crippen LogP contribution in [0.5, 0.6) is 0 Å². The van der Waals surface area contributed by atoms with Crippen molar-refractivity contribution in [2.24, 2.45) is 5.41 Å². The molecule has 1 amide bonds. The lowest BCUT2D eigenvalue weighted by molar-refractivity contribution is -0.122. The molecule has 2 rings (SSSR count). The maximum atomic E-state index is 11.9. The third-order valence-corrected chi connectivity index (χ3v) is 4.15. The molecule has 5 nitrogen and oxygen atoms in total. The number of pyridine rings is 1. The quantitative estimate of drug-likeness (QED) is 0.836. The normalized spacial score (nSPS) is 16.7. The van der Waals surface area contributed by atoms with E-state index in [1.54, 1.807) is 0 Å². The van der Waals surface area contributed by atoms with Crippen molar-refractivity contribution in [3.05, 3.63) is 28.7 Å². The second-order valence-electron chi connectivity index (χ2n) is 5.41. The van der Waals surface area contributed by atoms with Gasteiger partial charge < -0.3 is 15.6 Å². The van der Waals surface area contributed by atoms with Crippen LogP contribution in [0.3, 0.4) is 0 Å². The summed E-state index contributed by atoms with van der Waals surface area (Å²) in [6.45, 7) is 2.90. The molecule has 0 spiro atoms. The number of rotatable bonds is 5. The average molecular weight is 263 g/mol.